The Morgan fingerprint density at radius 3 is 2.67 bits per heavy atom. The van der Waals surface area contributed by atoms with Gasteiger partial charge in [0.2, 0.25) is 0 Å². The van der Waals surface area contributed by atoms with E-state index in [0.717, 1.165) is 4.88 Å². The van der Waals surface area contributed by atoms with E-state index in [1.807, 2.05) is 6.92 Å². The Balaban J connectivity index is 3.04. The van der Waals surface area contributed by atoms with E-state index in [4.69, 9.17) is 4.74 Å². The molecule has 0 aliphatic rings. The van der Waals surface area contributed by atoms with E-state index < -0.39 is 0 Å². The van der Waals surface area contributed by atoms with Gasteiger partial charge in [-0.1, -0.05) is 0 Å². The third-order valence-corrected chi connectivity index (χ3v) is 2.42. The van der Waals surface area contributed by atoms with E-state index in [9.17, 15) is 4.79 Å². The van der Waals surface area contributed by atoms with Crippen LogP contribution in [0.1, 0.15) is 15.2 Å². The van der Waals surface area contributed by atoms with Gasteiger partial charge in [-0.05, 0) is 13.0 Å². The summed E-state index contributed by atoms with van der Waals surface area (Å²) in [6, 6.07) is 1.76. The number of rotatable bonds is 2. The average molecular weight is 186 g/mol. The Morgan fingerprint density at radius 2 is 2.17 bits per heavy atom. The van der Waals surface area contributed by atoms with Crippen LogP contribution in [0.4, 0.5) is 0 Å². The summed E-state index contributed by atoms with van der Waals surface area (Å²) >= 11 is 1.43. The number of esters is 1. The fourth-order valence-electron chi connectivity index (χ4n) is 0.897. The summed E-state index contributed by atoms with van der Waals surface area (Å²) in [5.41, 5.74) is 0.502. The predicted octanol–water partition coefficient (Wildman–Crippen LogP) is 1.85. The summed E-state index contributed by atoms with van der Waals surface area (Å²) in [4.78, 5) is 12.1. The van der Waals surface area contributed by atoms with Gasteiger partial charge in [0, 0.05) is 4.88 Å². The van der Waals surface area contributed by atoms with Crippen molar-refractivity contribution in [3.63, 3.8) is 0 Å². The molecule has 0 N–H and O–H groups in total. The molecule has 0 saturated carbocycles. The molecule has 66 valence electrons. The molecular formula is C8H10O3S. The van der Waals surface area contributed by atoms with Gasteiger partial charge >= 0.3 is 5.97 Å². The van der Waals surface area contributed by atoms with Crippen LogP contribution in [0.25, 0.3) is 0 Å². The van der Waals surface area contributed by atoms with Crippen LogP contribution < -0.4 is 4.74 Å². The number of hydrogen-bond donors (Lipinski definition) is 0. The highest BCUT2D eigenvalue weighted by atomic mass is 32.1. The summed E-state index contributed by atoms with van der Waals surface area (Å²) in [5.74, 6) is -0.351. The van der Waals surface area contributed by atoms with E-state index in [1.165, 1.54) is 25.6 Å². The molecule has 0 spiro atoms. The highest BCUT2D eigenvalue weighted by Crippen LogP contribution is 2.29. The molecular weight excluding hydrogens is 176 g/mol. The van der Waals surface area contributed by atoms with Crippen molar-refractivity contribution < 1.29 is 14.3 Å². The van der Waals surface area contributed by atoms with Crippen LogP contribution in [0, 0.1) is 6.92 Å². The van der Waals surface area contributed by atoms with Gasteiger partial charge in [-0.3, -0.25) is 0 Å². The minimum Gasteiger partial charge on any atom is -0.487 e. The third kappa shape index (κ3) is 1.58. The molecule has 0 unspecified atom stereocenters. The lowest BCUT2D eigenvalue weighted by molar-refractivity contribution is 0.0598. The first-order valence-electron chi connectivity index (χ1n) is 3.41. The Bertz CT molecular complexity index is 290. The Morgan fingerprint density at radius 1 is 1.50 bits per heavy atom. The molecule has 0 fully saturated rings. The molecule has 1 heterocycles. The van der Waals surface area contributed by atoms with Crippen molar-refractivity contribution in [1.82, 2.24) is 0 Å². The molecule has 1 aromatic heterocycles. The lowest BCUT2D eigenvalue weighted by atomic mass is 10.3. The molecule has 0 bridgehead atoms. The first-order valence-corrected chi connectivity index (χ1v) is 4.23. The van der Waals surface area contributed by atoms with Gasteiger partial charge in [0.15, 0.2) is 5.06 Å². The highest BCUT2D eigenvalue weighted by molar-refractivity contribution is 7.14. The van der Waals surface area contributed by atoms with Crippen LogP contribution in [0.5, 0.6) is 5.06 Å². The van der Waals surface area contributed by atoms with E-state index in [1.54, 1.807) is 6.07 Å². The van der Waals surface area contributed by atoms with Crippen molar-refractivity contribution in [2.45, 2.75) is 6.92 Å². The SMILES string of the molecule is COC(=O)c1cc(C)sc1OC. The third-order valence-electron chi connectivity index (χ3n) is 1.41. The normalized spacial score (nSPS) is 9.58. The Hall–Kier alpha value is -1.03. The van der Waals surface area contributed by atoms with E-state index >= 15 is 0 Å². The molecule has 1 aromatic rings. The maximum Gasteiger partial charge on any atom is 0.342 e. The number of carbonyl (C=O) groups excluding carboxylic acids is 1. The number of methoxy groups -OCH3 is 2. The minimum absolute atomic E-state index is 0.351. The molecule has 0 atom stereocenters. The first kappa shape index (κ1) is 9.06. The number of aryl methyl sites for hydroxylation is 1. The fraction of sp³-hybridized carbons (Fsp3) is 0.375. The monoisotopic (exact) mass is 186 g/mol. The Kier molecular flexibility index (Phi) is 2.70. The van der Waals surface area contributed by atoms with Gasteiger partial charge in [-0.2, -0.15) is 0 Å². The van der Waals surface area contributed by atoms with Gasteiger partial charge in [-0.15, -0.1) is 11.3 Å². The van der Waals surface area contributed by atoms with Crippen LogP contribution in [-0.2, 0) is 4.74 Å². The van der Waals surface area contributed by atoms with Crippen LogP contribution in [0.15, 0.2) is 6.07 Å². The topological polar surface area (TPSA) is 35.5 Å². The minimum atomic E-state index is -0.351. The second kappa shape index (κ2) is 3.58. The van der Waals surface area contributed by atoms with Crippen molar-refractivity contribution in [1.29, 1.82) is 0 Å². The van der Waals surface area contributed by atoms with E-state index in [-0.39, 0.29) is 5.97 Å². The van der Waals surface area contributed by atoms with Gasteiger partial charge in [-0.25, -0.2) is 4.79 Å². The Labute approximate surface area is 74.9 Å². The summed E-state index contributed by atoms with van der Waals surface area (Å²) in [6.45, 7) is 1.92. The zero-order chi connectivity index (χ0) is 9.14. The standard InChI is InChI=1S/C8H10O3S/c1-5-4-6(7(9)10-2)8(11-3)12-5/h4H,1-3H3. The second-order valence-corrected chi connectivity index (χ2v) is 3.47. The fourth-order valence-corrected chi connectivity index (χ4v) is 1.70. The summed E-state index contributed by atoms with van der Waals surface area (Å²) < 4.78 is 9.59. The van der Waals surface area contributed by atoms with Crippen LogP contribution in [0.3, 0.4) is 0 Å². The molecule has 12 heavy (non-hydrogen) atoms. The largest absolute Gasteiger partial charge is 0.487 e. The number of hydrogen-bond acceptors (Lipinski definition) is 4. The lowest BCUT2D eigenvalue weighted by Gasteiger charge is -1.98. The number of thiophene rings is 1. The van der Waals surface area contributed by atoms with Crippen molar-refractivity contribution in [2.24, 2.45) is 0 Å². The highest BCUT2D eigenvalue weighted by Gasteiger charge is 2.15. The molecule has 3 nitrogen and oxygen atoms in total. The van der Waals surface area contributed by atoms with Gasteiger partial charge < -0.3 is 9.47 Å². The number of ether oxygens (including phenoxy) is 2. The summed E-state index contributed by atoms with van der Waals surface area (Å²) in [6.07, 6.45) is 0. The van der Waals surface area contributed by atoms with Crippen molar-refractivity contribution >= 4 is 17.3 Å². The molecule has 0 saturated heterocycles. The molecule has 0 radical (unpaired) electrons. The maximum atomic E-state index is 11.1. The van der Waals surface area contributed by atoms with Gasteiger partial charge in [0.1, 0.15) is 5.56 Å². The smallest absolute Gasteiger partial charge is 0.342 e. The average Bonchev–Trinajstić information content (AvgIpc) is 2.45. The van der Waals surface area contributed by atoms with Gasteiger partial charge in [0.25, 0.3) is 0 Å². The second-order valence-electron chi connectivity index (χ2n) is 2.25. The molecule has 0 aromatic carbocycles. The molecule has 1 rings (SSSR count). The van der Waals surface area contributed by atoms with Gasteiger partial charge in [0.05, 0.1) is 14.2 Å². The molecule has 0 aliphatic heterocycles. The van der Waals surface area contributed by atoms with Crippen molar-refractivity contribution in [3.05, 3.63) is 16.5 Å². The van der Waals surface area contributed by atoms with Crippen LogP contribution >= 0.6 is 11.3 Å². The lowest BCUT2D eigenvalue weighted by Crippen LogP contribution is -2.00. The summed E-state index contributed by atoms with van der Waals surface area (Å²) in [5, 5.41) is 0.611. The summed E-state index contributed by atoms with van der Waals surface area (Å²) in [7, 11) is 2.90. The van der Waals surface area contributed by atoms with Crippen LogP contribution in [0.2, 0.25) is 0 Å². The quantitative estimate of drug-likeness (QED) is 0.661. The zero-order valence-corrected chi connectivity index (χ0v) is 8.03. The molecule has 4 heteroatoms. The van der Waals surface area contributed by atoms with E-state index in [2.05, 4.69) is 4.74 Å². The van der Waals surface area contributed by atoms with Crippen molar-refractivity contribution in [3.8, 4) is 5.06 Å². The van der Waals surface area contributed by atoms with Crippen molar-refractivity contribution in [2.75, 3.05) is 14.2 Å². The molecule has 0 aliphatic carbocycles. The first-order chi connectivity index (χ1) is 5.69. The zero-order valence-electron chi connectivity index (χ0n) is 7.21. The maximum absolute atomic E-state index is 11.1. The predicted molar refractivity (Wildman–Crippen MR) is 46.9 cm³/mol. The molecule has 0 amide bonds. The number of carbonyl (C=O) groups is 1. The van der Waals surface area contributed by atoms with Crippen LogP contribution in [-0.4, -0.2) is 20.2 Å². The van der Waals surface area contributed by atoms with E-state index in [0.29, 0.717) is 10.6 Å².